The van der Waals surface area contributed by atoms with Crippen LogP contribution < -0.4 is 5.73 Å². The molecule has 0 aromatic carbocycles. The smallest absolute Gasteiger partial charge is 0.323 e. The van der Waals surface area contributed by atoms with Crippen molar-refractivity contribution in [2.45, 2.75) is 12.5 Å². The average molecular weight is 237 g/mol. The molecule has 0 aromatic rings. The van der Waals surface area contributed by atoms with Crippen LogP contribution in [-0.4, -0.2) is 51.3 Å². The van der Waals surface area contributed by atoms with E-state index in [0.717, 1.165) is 6.42 Å². The summed E-state index contributed by atoms with van der Waals surface area (Å²) >= 11 is 3.89. The van der Waals surface area contributed by atoms with Crippen molar-refractivity contribution in [2.24, 2.45) is 5.73 Å². The molecule has 6 heteroatoms. The fraction of sp³-hybridized carbons (Fsp3) is 0.889. The molecule has 0 spiro atoms. The van der Waals surface area contributed by atoms with Crippen molar-refractivity contribution in [2.75, 3.05) is 39.3 Å². The van der Waals surface area contributed by atoms with Gasteiger partial charge in [-0.05, 0) is 6.42 Å². The second kappa shape index (κ2) is 10.2. The Morgan fingerprint density at radius 2 is 2.07 bits per heavy atom. The molecule has 5 nitrogen and oxygen atoms in total. The van der Waals surface area contributed by atoms with Gasteiger partial charge in [0.2, 0.25) is 0 Å². The fourth-order valence-electron chi connectivity index (χ4n) is 0.790. The first-order valence-corrected chi connectivity index (χ1v) is 5.45. The second-order valence-electron chi connectivity index (χ2n) is 2.92. The van der Waals surface area contributed by atoms with Gasteiger partial charge in [-0.25, -0.2) is 0 Å². The van der Waals surface area contributed by atoms with Crippen molar-refractivity contribution >= 4 is 18.6 Å². The molecule has 0 aliphatic rings. The van der Waals surface area contributed by atoms with E-state index in [0.29, 0.717) is 19.8 Å². The van der Waals surface area contributed by atoms with Crippen molar-refractivity contribution in [1.82, 2.24) is 0 Å². The highest BCUT2D eigenvalue weighted by atomic mass is 32.1. The SMILES string of the molecule is COCCCOCCOC(=O)[C@H](N)CS. The van der Waals surface area contributed by atoms with Gasteiger partial charge in [0.25, 0.3) is 0 Å². The second-order valence-corrected chi connectivity index (χ2v) is 3.28. The molecule has 0 saturated heterocycles. The summed E-state index contributed by atoms with van der Waals surface area (Å²) in [5, 5.41) is 0. The molecule has 0 fully saturated rings. The van der Waals surface area contributed by atoms with E-state index >= 15 is 0 Å². The Hall–Kier alpha value is -0.300. The van der Waals surface area contributed by atoms with E-state index in [1.807, 2.05) is 0 Å². The molecule has 0 saturated carbocycles. The van der Waals surface area contributed by atoms with Gasteiger partial charge in [0.1, 0.15) is 12.6 Å². The molecule has 0 unspecified atom stereocenters. The lowest BCUT2D eigenvalue weighted by atomic mass is 10.4. The Labute approximate surface area is 95.7 Å². The molecule has 0 heterocycles. The summed E-state index contributed by atoms with van der Waals surface area (Å²) in [5.74, 6) is -0.154. The van der Waals surface area contributed by atoms with Crippen molar-refractivity contribution in [3.05, 3.63) is 0 Å². The van der Waals surface area contributed by atoms with Crippen molar-refractivity contribution < 1.29 is 19.0 Å². The largest absolute Gasteiger partial charge is 0.462 e. The summed E-state index contributed by atoms with van der Waals surface area (Å²) in [4.78, 5) is 11.0. The van der Waals surface area contributed by atoms with Crippen LogP contribution in [0, 0.1) is 0 Å². The number of methoxy groups -OCH3 is 1. The van der Waals surface area contributed by atoms with Gasteiger partial charge in [0.15, 0.2) is 0 Å². The maximum atomic E-state index is 11.0. The van der Waals surface area contributed by atoms with Gasteiger partial charge in [-0.2, -0.15) is 12.6 Å². The van der Waals surface area contributed by atoms with E-state index in [2.05, 4.69) is 12.6 Å². The van der Waals surface area contributed by atoms with Crippen LogP contribution in [0.25, 0.3) is 0 Å². The molecular formula is C9H19NO4S. The molecule has 0 aliphatic carbocycles. The minimum atomic E-state index is -0.651. The van der Waals surface area contributed by atoms with Gasteiger partial charge in [-0.1, -0.05) is 0 Å². The minimum Gasteiger partial charge on any atom is -0.462 e. The molecule has 0 amide bonds. The third-order valence-electron chi connectivity index (χ3n) is 1.61. The maximum absolute atomic E-state index is 11.0. The third kappa shape index (κ3) is 8.68. The molecule has 2 N–H and O–H groups in total. The molecule has 0 aliphatic heterocycles. The predicted molar refractivity (Wildman–Crippen MR) is 60.1 cm³/mol. The van der Waals surface area contributed by atoms with E-state index in [4.69, 9.17) is 19.9 Å². The zero-order valence-electron chi connectivity index (χ0n) is 8.98. The van der Waals surface area contributed by atoms with Crippen molar-refractivity contribution in [3.63, 3.8) is 0 Å². The van der Waals surface area contributed by atoms with Gasteiger partial charge in [-0.3, -0.25) is 4.79 Å². The van der Waals surface area contributed by atoms with E-state index in [-0.39, 0.29) is 12.4 Å². The molecule has 0 radical (unpaired) electrons. The van der Waals surface area contributed by atoms with Gasteiger partial charge in [0, 0.05) is 26.1 Å². The lowest BCUT2D eigenvalue weighted by Gasteiger charge is -2.09. The molecule has 0 aromatic heterocycles. The Kier molecular flexibility index (Phi) is 10.0. The highest BCUT2D eigenvalue weighted by molar-refractivity contribution is 7.80. The van der Waals surface area contributed by atoms with Crippen LogP contribution in [0.4, 0.5) is 0 Å². The molecular weight excluding hydrogens is 218 g/mol. The Bertz CT molecular complexity index is 168. The van der Waals surface area contributed by atoms with E-state index in [1.54, 1.807) is 7.11 Å². The summed E-state index contributed by atoms with van der Waals surface area (Å²) in [7, 11) is 1.64. The average Bonchev–Trinajstić information content (AvgIpc) is 2.26. The van der Waals surface area contributed by atoms with E-state index in [9.17, 15) is 4.79 Å². The van der Waals surface area contributed by atoms with Crippen molar-refractivity contribution in [3.8, 4) is 0 Å². The van der Waals surface area contributed by atoms with Crippen LogP contribution in [0.3, 0.4) is 0 Å². The first-order valence-electron chi connectivity index (χ1n) is 4.82. The summed E-state index contributed by atoms with van der Waals surface area (Å²) in [5.41, 5.74) is 5.39. The number of rotatable bonds is 9. The number of ether oxygens (including phenoxy) is 3. The number of thiol groups is 1. The number of carbonyl (C=O) groups is 1. The van der Waals surface area contributed by atoms with E-state index in [1.165, 1.54) is 0 Å². The highest BCUT2D eigenvalue weighted by Crippen LogP contribution is 1.90. The maximum Gasteiger partial charge on any atom is 0.323 e. The van der Waals surface area contributed by atoms with Crippen LogP contribution in [0.1, 0.15) is 6.42 Å². The first-order chi connectivity index (χ1) is 7.22. The molecule has 90 valence electrons. The third-order valence-corrected chi connectivity index (χ3v) is 2.00. The molecule has 0 bridgehead atoms. The first kappa shape index (κ1) is 14.7. The van der Waals surface area contributed by atoms with Crippen LogP contribution in [-0.2, 0) is 19.0 Å². The Morgan fingerprint density at radius 1 is 1.33 bits per heavy atom. The predicted octanol–water partition coefficient (Wildman–Crippen LogP) is -0.160. The Morgan fingerprint density at radius 3 is 2.67 bits per heavy atom. The summed E-state index contributed by atoms with van der Waals surface area (Å²) in [6.07, 6.45) is 0.834. The Balaban J connectivity index is 3.20. The molecule has 0 rings (SSSR count). The van der Waals surface area contributed by atoms with Gasteiger partial charge < -0.3 is 19.9 Å². The number of carbonyl (C=O) groups excluding carboxylic acids is 1. The lowest BCUT2D eigenvalue weighted by molar-refractivity contribution is -0.146. The number of nitrogens with two attached hydrogens (primary N) is 1. The van der Waals surface area contributed by atoms with Crippen LogP contribution >= 0.6 is 12.6 Å². The summed E-state index contributed by atoms with van der Waals surface area (Å²) in [6, 6.07) is -0.651. The zero-order chi connectivity index (χ0) is 11.5. The van der Waals surface area contributed by atoms with Crippen LogP contribution in [0.15, 0.2) is 0 Å². The monoisotopic (exact) mass is 237 g/mol. The quantitative estimate of drug-likeness (QED) is 0.331. The zero-order valence-corrected chi connectivity index (χ0v) is 9.87. The van der Waals surface area contributed by atoms with Crippen LogP contribution in [0.5, 0.6) is 0 Å². The van der Waals surface area contributed by atoms with Gasteiger partial charge in [-0.15, -0.1) is 0 Å². The normalized spacial score (nSPS) is 12.5. The summed E-state index contributed by atoms with van der Waals surface area (Å²) in [6.45, 7) is 1.89. The topological polar surface area (TPSA) is 70.8 Å². The molecule has 15 heavy (non-hydrogen) atoms. The van der Waals surface area contributed by atoms with Gasteiger partial charge in [0.05, 0.1) is 6.61 Å². The number of esters is 1. The fourth-order valence-corrected chi connectivity index (χ4v) is 0.939. The number of hydrogen-bond acceptors (Lipinski definition) is 6. The molecule has 1 atom stereocenters. The van der Waals surface area contributed by atoms with Gasteiger partial charge >= 0.3 is 5.97 Å². The number of hydrogen-bond donors (Lipinski definition) is 2. The van der Waals surface area contributed by atoms with E-state index < -0.39 is 12.0 Å². The minimum absolute atomic E-state index is 0.229. The standard InChI is InChI=1S/C9H19NO4S/c1-12-3-2-4-13-5-6-14-9(11)8(10)7-15/h8,15H,2-7,10H2,1H3/t8-/m1/s1. The van der Waals surface area contributed by atoms with Crippen molar-refractivity contribution in [1.29, 1.82) is 0 Å². The van der Waals surface area contributed by atoms with Crippen LogP contribution in [0.2, 0.25) is 0 Å². The highest BCUT2D eigenvalue weighted by Gasteiger charge is 2.11. The summed E-state index contributed by atoms with van der Waals surface area (Å²) < 4.78 is 14.9. The lowest BCUT2D eigenvalue weighted by Crippen LogP contribution is -2.34.